The fourth-order valence-corrected chi connectivity index (χ4v) is 8.88. The van der Waals surface area contributed by atoms with Gasteiger partial charge in [0.15, 0.2) is 0 Å². The van der Waals surface area contributed by atoms with Crippen molar-refractivity contribution in [1.29, 1.82) is 0 Å². The number of carbonyl (C=O) groups excluding carboxylic acids is 1. The van der Waals surface area contributed by atoms with Crippen molar-refractivity contribution in [2.75, 3.05) is 0 Å². The predicted molar refractivity (Wildman–Crippen MR) is 130 cm³/mol. The Balaban J connectivity index is 1.63. The van der Waals surface area contributed by atoms with Crippen molar-refractivity contribution in [3.05, 3.63) is 33.4 Å². The normalized spacial score (nSPS) is 29.4. The van der Waals surface area contributed by atoms with E-state index in [1.165, 1.54) is 52.6 Å². The van der Waals surface area contributed by atoms with E-state index in [0.29, 0.717) is 6.61 Å². The largest absolute Gasteiger partial charge is 0.460 e. The second-order valence-corrected chi connectivity index (χ2v) is 11.1. The Kier molecular flexibility index (Phi) is 7.04. The number of esters is 1. The number of hydrogen-bond donors (Lipinski definition) is 0. The van der Waals surface area contributed by atoms with Gasteiger partial charge in [0.05, 0.1) is 5.41 Å². The van der Waals surface area contributed by atoms with Gasteiger partial charge in [-0.1, -0.05) is 52.6 Å². The SMILES string of the molecule is CCc1c(CBr)c(CC)c(COC(=O)C23CC4CC(CC(C4)C2)C3)c(CC)c1CBr. The summed E-state index contributed by atoms with van der Waals surface area (Å²) < 4.78 is 6.20. The monoisotopic (exact) mass is 538 g/mol. The highest BCUT2D eigenvalue weighted by Crippen LogP contribution is 2.60. The summed E-state index contributed by atoms with van der Waals surface area (Å²) in [6.45, 7) is 7.16. The molecule has 0 saturated heterocycles. The Morgan fingerprint density at radius 1 is 0.767 bits per heavy atom. The number of rotatable bonds is 8. The topological polar surface area (TPSA) is 26.3 Å². The molecule has 30 heavy (non-hydrogen) atoms. The number of alkyl halides is 2. The molecule has 4 saturated carbocycles. The third-order valence-electron chi connectivity index (χ3n) is 8.33. The highest BCUT2D eigenvalue weighted by Gasteiger charge is 2.55. The first-order chi connectivity index (χ1) is 14.5. The van der Waals surface area contributed by atoms with Crippen LogP contribution < -0.4 is 0 Å². The van der Waals surface area contributed by atoms with Crippen molar-refractivity contribution in [2.45, 2.75) is 95.8 Å². The van der Waals surface area contributed by atoms with Crippen LogP contribution in [0.1, 0.15) is 92.7 Å². The van der Waals surface area contributed by atoms with E-state index in [9.17, 15) is 4.79 Å². The Morgan fingerprint density at radius 3 is 1.53 bits per heavy atom. The van der Waals surface area contributed by atoms with Crippen molar-refractivity contribution in [3.8, 4) is 0 Å². The average Bonchev–Trinajstić information content (AvgIpc) is 2.74. The first-order valence-electron chi connectivity index (χ1n) is 12.0. The maximum atomic E-state index is 13.5. The number of halogens is 2. The van der Waals surface area contributed by atoms with Gasteiger partial charge < -0.3 is 4.74 Å². The Bertz CT molecular complexity index is 745. The summed E-state index contributed by atoms with van der Waals surface area (Å²) in [7, 11) is 0. The average molecular weight is 540 g/mol. The van der Waals surface area contributed by atoms with Crippen molar-refractivity contribution in [3.63, 3.8) is 0 Å². The molecule has 166 valence electrons. The van der Waals surface area contributed by atoms with Crippen molar-refractivity contribution in [2.24, 2.45) is 23.2 Å². The first-order valence-corrected chi connectivity index (χ1v) is 14.2. The summed E-state index contributed by atoms with van der Waals surface area (Å²) in [5.41, 5.74) is 8.17. The zero-order chi connectivity index (χ0) is 21.5. The van der Waals surface area contributed by atoms with Gasteiger partial charge in [0, 0.05) is 10.7 Å². The van der Waals surface area contributed by atoms with Crippen LogP contribution in [-0.2, 0) is 46.1 Å². The second kappa shape index (κ2) is 9.25. The van der Waals surface area contributed by atoms with Gasteiger partial charge in [-0.2, -0.15) is 0 Å². The minimum atomic E-state index is -0.173. The Morgan fingerprint density at radius 2 is 1.17 bits per heavy atom. The van der Waals surface area contributed by atoms with Crippen LogP contribution in [0, 0.1) is 23.2 Å². The smallest absolute Gasteiger partial charge is 0.312 e. The second-order valence-electron chi connectivity index (χ2n) is 9.97. The molecule has 4 fully saturated rings. The highest BCUT2D eigenvalue weighted by molar-refractivity contribution is 9.08. The lowest BCUT2D eigenvalue weighted by Gasteiger charge is -2.55. The molecule has 0 heterocycles. The molecule has 0 atom stereocenters. The summed E-state index contributed by atoms with van der Waals surface area (Å²) in [6.07, 6.45) is 10.3. The molecule has 0 amide bonds. The van der Waals surface area contributed by atoms with Crippen LogP contribution in [0.5, 0.6) is 0 Å². The van der Waals surface area contributed by atoms with Crippen molar-refractivity contribution < 1.29 is 9.53 Å². The van der Waals surface area contributed by atoms with Crippen LogP contribution in [0.25, 0.3) is 0 Å². The van der Waals surface area contributed by atoms with Gasteiger partial charge in [-0.25, -0.2) is 0 Å². The maximum Gasteiger partial charge on any atom is 0.312 e. The third-order valence-corrected chi connectivity index (χ3v) is 9.45. The molecule has 0 aromatic heterocycles. The van der Waals surface area contributed by atoms with Gasteiger partial charge in [-0.15, -0.1) is 0 Å². The quantitative estimate of drug-likeness (QED) is 0.253. The van der Waals surface area contributed by atoms with E-state index in [1.54, 1.807) is 0 Å². The molecule has 0 aliphatic heterocycles. The number of hydrogen-bond acceptors (Lipinski definition) is 2. The van der Waals surface area contributed by atoms with E-state index in [-0.39, 0.29) is 11.4 Å². The summed E-state index contributed by atoms with van der Waals surface area (Å²) in [4.78, 5) is 13.5. The lowest BCUT2D eigenvalue weighted by molar-refractivity contribution is -0.173. The predicted octanol–water partition coefficient (Wildman–Crippen LogP) is 7.42. The number of benzene rings is 1. The molecule has 4 aliphatic carbocycles. The van der Waals surface area contributed by atoms with Crippen molar-refractivity contribution in [1.82, 2.24) is 0 Å². The summed E-state index contributed by atoms with van der Waals surface area (Å²) in [5, 5.41) is 1.72. The van der Waals surface area contributed by atoms with E-state index in [2.05, 4.69) is 52.6 Å². The molecule has 1 aromatic carbocycles. The molecule has 2 nitrogen and oxygen atoms in total. The zero-order valence-electron chi connectivity index (χ0n) is 18.8. The van der Waals surface area contributed by atoms with Crippen LogP contribution in [0.3, 0.4) is 0 Å². The lowest BCUT2D eigenvalue weighted by Crippen LogP contribution is -2.50. The van der Waals surface area contributed by atoms with Gasteiger partial charge in [0.25, 0.3) is 0 Å². The molecule has 5 rings (SSSR count). The van der Waals surface area contributed by atoms with Gasteiger partial charge in [-0.05, 0) is 109 Å². The molecule has 4 bridgehead atoms. The van der Waals surface area contributed by atoms with Crippen LogP contribution in [0.4, 0.5) is 0 Å². The van der Waals surface area contributed by atoms with Crippen LogP contribution >= 0.6 is 31.9 Å². The lowest BCUT2D eigenvalue weighted by atomic mass is 9.49. The van der Waals surface area contributed by atoms with E-state index in [4.69, 9.17) is 4.74 Å². The number of carbonyl (C=O) groups is 1. The van der Waals surface area contributed by atoms with Crippen molar-refractivity contribution >= 4 is 37.8 Å². The van der Waals surface area contributed by atoms with E-state index in [1.807, 2.05) is 0 Å². The summed E-state index contributed by atoms with van der Waals surface area (Å²) >= 11 is 7.50. The number of ether oxygens (including phenoxy) is 1. The summed E-state index contributed by atoms with van der Waals surface area (Å²) in [6, 6.07) is 0. The van der Waals surface area contributed by atoms with Gasteiger partial charge in [-0.3, -0.25) is 4.79 Å². The summed E-state index contributed by atoms with van der Waals surface area (Å²) in [5.74, 6) is 2.41. The fraction of sp³-hybridized carbons (Fsp3) is 0.731. The maximum absolute atomic E-state index is 13.5. The fourth-order valence-electron chi connectivity index (χ4n) is 7.52. The molecule has 4 aliphatic rings. The van der Waals surface area contributed by atoms with E-state index in [0.717, 1.165) is 66.9 Å². The molecular weight excluding hydrogens is 504 g/mol. The van der Waals surface area contributed by atoms with Crippen LogP contribution in [0.15, 0.2) is 0 Å². The van der Waals surface area contributed by atoms with E-state index >= 15 is 0 Å². The van der Waals surface area contributed by atoms with E-state index < -0.39 is 0 Å². The molecule has 0 N–H and O–H groups in total. The molecule has 0 radical (unpaired) electrons. The molecule has 1 aromatic rings. The molecule has 0 spiro atoms. The standard InChI is InChI=1S/C26H36Br2O2/c1-4-19-22(13-27)20(5-2)24(21(6-3)23(19)14-28)15-30-25(29)26-10-16-7-17(11-26)9-18(8-16)12-26/h16-18H,4-15H2,1-3H3. The van der Waals surface area contributed by atoms with Gasteiger partial charge in [0.2, 0.25) is 0 Å². The molecule has 4 heteroatoms. The Hall–Kier alpha value is -0.350. The van der Waals surface area contributed by atoms with Crippen LogP contribution in [-0.4, -0.2) is 5.97 Å². The zero-order valence-corrected chi connectivity index (χ0v) is 22.0. The van der Waals surface area contributed by atoms with Crippen LogP contribution in [0.2, 0.25) is 0 Å². The minimum Gasteiger partial charge on any atom is -0.460 e. The molecular formula is C26H36Br2O2. The van der Waals surface area contributed by atoms with Gasteiger partial charge >= 0.3 is 5.97 Å². The Labute approximate surface area is 199 Å². The first kappa shape index (κ1) is 22.8. The minimum absolute atomic E-state index is 0.103. The highest BCUT2D eigenvalue weighted by atomic mass is 79.9. The van der Waals surface area contributed by atoms with Gasteiger partial charge in [0.1, 0.15) is 6.61 Å². The third kappa shape index (κ3) is 3.83. The molecule has 0 unspecified atom stereocenters.